The van der Waals surface area contributed by atoms with Crippen molar-refractivity contribution in [2.45, 2.75) is 130 Å². The van der Waals surface area contributed by atoms with Gasteiger partial charge in [-0.2, -0.15) is 0 Å². The topological polar surface area (TPSA) is 345 Å². The summed E-state index contributed by atoms with van der Waals surface area (Å²) in [5, 5.41) is 133. The van der Waals surface area contributed by atoms with E-state index in [1.165, 1.54) is 6.92 Å². The molecule has 4 heterocycles. The van der Waals surface area contributed by atoms with Gasteiger partial charge in [-0.1, -0.05) is 0 Å². The van der Waals surface area contributed by atoms with Crippen molar-refractivity contribution in [3.05, 3.63) is 0 Å². The van der Waals surface area contributed by atoms with Gasteiger partial charge in [0.05, 0.1) is 19.3 Å². The minimum absolute atomic E-state index is 0.876. The molecule has 4 saturated heterocycles. The van der Waals surface area contributed by atoms with E-state index in [0.29, 0.717) is 0 Å². The maximum atomic E-state index is 11.8. The maximum absolute atomic E-state index is 11.8. The Kier molecular flexibility index (Phi) is 12.1. The number of hydrogen-bond donors (Lipinski definition) is 13. The number of aliphatic hydroxyl groups is 12. The Hall–Kier alpha value is -1.29. The third-order valence-corrected chi connectivity index (χ3v) is 8.14. The van der Waals surface area contributed by atoms with Crippen molar-refractivity contribution in [1.29, 1.82) is 0 Å². The van der Waals surface area contributed by atoms with E-state index in [1.54, 1.807) is 0 Å². The van der Waals surface area contributed by atoms with Crippen LogP contribution >= 0.6 is 0 Å². The molecular weight excluding hydrogens is 624 g/mol. The molecule has 0 spiro atoms. The summed E-state index contributed by atoms with van der Waals surface area (Å²) in [7, 11) is 0. The van der Waals surface area contributed by atoms with E-state index in [9.17, 15) is 71.2 Å². The highest BCUT2D eigenvalue weighted by Crippen LogP contribution is 2.35. The zero-order valence-corrected chi connectivity index (χ0v) is 23.5. The van der Waals surface area contributed by atoms with Gasteiger partial charge in [-0.3, -0.25) is 0 Å². The number of aliphatic hydroxyl groups excluding tert-OH is 12. The average molecular weight is 665 g/mol. The first-order chi connectivity index (χ1) is 21.1. The standard InChI is InChI=1S/C24H40O21/c1-4-7(27)10(30)13(33)22(39-4)44-18-12(32)9(29)6(3-26)41-24(18)45-19-16(15(35)17(20(36)37)42-21(19)38)43-23-14(34)11(31)8(28)5(2-25)40-23/h4-19,21-35,38H,2-3H2,1H3,(H,36,37)/t4-,5+,6+,7-,8+,9-,10+,11-,12-,13+,14+,15-,16-,17-,18+,19+,21?,22-,23-,24-/m0/s1. The van der Waals surface area contributed by atoms with Gasteiger partial charge in [-0.05, 0) is 6.92 Å². The number of carbonyl (C=O) groups is 1. The Bertz CT molecular complexity index is 973. The van der Waals surface area contributed by atoms with Crippen molar-refractivity contribution >= 4 is 5.97 Å². The monoisotopic (exact) mass is 664 g/mol. The van der Waals surface area contributed by atoms with Gasteiger partial charge in [0.1, 0.15) is 85.5 Å². The molecule has 4 fully saturated rings. The lowest BCUT2D eigenvalue weighted by Gasteiger charge is -2.49. The molecule has 0 aromatic rings. The fourth-order valence-electron chi connectivity index (χ4n) is 5.42. The Morgan fingerprint density at radius 2 is 1.00 bits per heavy atom. The molecule has 0 saturated carbocycles. The van der Waals surface area contributed by atoms with Crippen LogP contribution < -0.4 is 0 Å². The van der Waals surface area contributed by atoms with Crippen molar-refractivity contribution in [2.75, 3.05) is 13.2 Å². The predicted molar refractivity (Wildman–Crippen MR) is 133 cm³/mol. The quantitative estimate of drug-likeness (QED) is 0.109. The van der Waals surface area contributed by atoms with Crippen LogP contribution in [-0.2, 0) is 38.0 Å². The van der Waals surface area contributed by atoms with Crippen LogP contribution in [-0.4, -0.2) is 208 Å². The zero-order chi connectivity index (χ0) is 33.5. The molecule has 4 aliphatic heterocycles. The summed E-state index contributed by atoms with van der Waals surface area (Å²) in [5.74, 6) is -1.78. The van der Waals surface area contributed by atoms with Crippen LogP contribution in [0.2, 0.25) is 0 Å². The molecule has 21 nitrogen and oxygen atoms in total. The van der Waals surface area contributed by atoms with E-state index < -0.39 is 142 Å². The third kappa shape index (κ3) is 7.26. The van der Waals surface area contributed by atoms with Gasteiger partial charge < -0.3 is 99.5 Å². The molecule has 0 aromatic heterocycles. The van der Waals surface area contributed by atoms with Crippen LogP contribution in [0.3, 0.4) is 0 Å². The van der Waals surface area contributed by atoms with E-state index in [-0.39, 0.29) is 0 Å². The summed E-state index contributed by atoms with van der Waals surface area (Å²) in [4.78, 5) is 11.8. The second kappa shape index (κ2) is 14.9. The number of carboxylic acids is 1. The van der Waals surface area contributed by atoms with E-state index in [2.05, 4.69) is 0 Å². The first-order valence-corrected chi connectivity index (χ1v) is 14.0. The fourth-order valence-corrected chi connectivity index (χ4v) is 5.42. The first kappa shape index (κ1) is 36.5. The van der Waals surface area contributed by atoms with Crippen molar-refractivity contribution in [3.63, 3.8) is 0 Å². The van der Waals surface area contributed by atoms with Gasteiger partial charge >= 0.3 is 5.97 Å². The Labute approximate surface area is 253 Å². The number of aliphatic carboxylic acids is 1. The second-order valence-corrected chi connectivity index (χ2v) is 11.2. The average Bonchev–Trinajstić information content (AvgIpc) is 3.00. The molecule has 0 amide bonds. The number of rotatable bonds is 9. The molecular formula is C24H40O21. The predicted octanol–water partition coefficient (Wildman–Crippen LogP) is -8.63. The normalized spacial score (nSPS) is 52.8. The van der Waals surface area contributed by atoms with E-state index in [1.807, 2.05) is 0 Å². The molecule has 21 heteroatoms. The number of ether oxygens (including phenoxy) is 7. The lowest BCUT2D eigenvalue weighted by molar-refractivity contribution is -0.400. The van der Waals surface area contributed by atoms with Gasteiger partial charge in [0.25, 0.3) is 0 Å². The summed E-state index contributed by atoms with van der Waals surface area (Å²) in [6.07, 6.45) is -37.6. The molecule has 1 unspecified atom stereocenters. The minimum Gasteiger partial charge on any atom is -0.479 e. The number of hydrogen-bond acceptors (Lipinski definition) is 20. The van der Waals surface area contributed by atoms with E-state index in [4.69, 9.17) is 33.2 Å². The van der Waals surface area contributed by atoms with Crippen LogP contribution in [0, 0.1) is 0 Å². The number of carboxylic acid groups (broad SMARTS) is 1. The van der Waals surface area contributed by atoms with E-state index >= 15 is 0 Å². The molecule has 4 aliphatic rings. The molecule has 0 bridgehead atoms. The van der Waals surface area contributed by atoms with Crippen molar-refractivity contribution in [2.24, 2.45) is 0 Å². The summed E-state index contributed by atoms with van der Waals surface area (Å²) in [6, 6.07) is 0. The van der Waals surface area contributed by atoms with Gasteiger partial charge in [0.2, 0.25) is 0 Å². The third-order valence-electron chi connectivity index (χ3n) is 8.14. The molecule has 262 valence electrons. The maximum Gasteiger partial charge on any atom is 0.335 e. The molecule has 13 N–H and O–H groups in total. The van der Waals surface area contributed by atoms with Crippen LogP contribution in [0.15, 0.2) is 0 Å². The molecule has 4 rings (SSSR count). The van der Waals surface area contributed by atoms with Gasteiger partial charge in [0, 0.05) is 0 Å². The van der Waals surface area contributed by atoms with Crippen LogP contribution in [0.25, 0.3) is 0 Å². The highest BCUT2D eigenvalue weighted by atomic mass is 16.8. The summed E-state index contributed by atoms with van der Waals surface area (Å²) < 4.78 is 37.9. The van der Waals surface area contributed by atoms with E-state index in [0.717, 1.165) is 0 Å². The van der Waals surface area contributed by atoms with Gasteiger partial charge in [-0.15, -0.1) is 0 Å². The first-order valence-electron chi connectivity index (χ1n) is 14.0. The summed E-state index contributed by atoms with van der Waals surface area (Å²) in [5.41, 5.74) is 0. The highest BCUT2D eigenvalue weighted by molar-refractivity contribution is 5.73. The van der Waals surface area contributed by atoms with Crippen molar-refractivity contribution in [3.8, 4) is 0 Å². The molecule has 0 aliphatic carbocycles. The lowest BCUT2D eigenvalue weighted by Crippen LogP contribution is -2.68. The largest absolute Gasteiger partial charge is 0.479 e. The van der Waals surface area contributed by atoms with Crippen LogP contribution in [0.1, 0.15) is 6.92 Å². The molecule has 0 aromatic carbocycles. The van der Waals surface area contributed by atoms with Crippen molar-refractivity contribution < 1.29 is 104 Å². The Balaban J connectivity index is 1.63. The molecule has 45 heavy (non-hydrogen) atoms. The zero-order valence-electron chi connectivity index (χ0n) is 23.5. The SMILES string of the molecule is C[C@@H]1O[C@@H](O[C@H]2[C@H](O[C@H]3C(O)O[C@H](C(=O)O)[C@@H](O)[C@@H]3O[C@@H]3O[C@H](CO)[C@@H](O)[C@H](O)[C@H]3O)O[C@H](CO)[C@H](O)[C@@H]2O)[C@H](O)[C@H](O)[C@H]1O. The fraction of sp³-hybridized carbons (Fsp3) is 0.958. The molecule has 20 atom stereocenters. The Morgan fingerprint density at radius 1 is 0.533 bits per heavy atom. The van der Waals surface area contributed by atoms with Crippen molar-refractivity contribution in [1.82, 2.24) is 0 Å². The van der Waals surface area contributed by atoms with Crippen LogP contribution in [0.4, 0.5) is 0 Å². The highest BCUT2D eigenvalue weighted by Gasteiger charge is 2.56. The van der Waals surface area contributed by atoms with Crippen LogP contribution in [0.5, 0.6) is 0 Å². The Morgan fingerprint density at radius 3 is 1.56 bits per heavy atom. The minimum atomic E-state index is -2.29. The van der Waals surface area contributed by atoms with Gasteiger partial charge in [-0.25, -0.2) is 4.79 Å². The molecule has 0 radical (unpaired) electrons. The smallest absolute Gasteiger partial charge is 0.335 e. The van der Waals surface area contributed by atoms with Gasteiger partial charge in [0.15, 0.2) is 31.3 Å². The summed E-state index contributed by atoms with van der Waals surface area (Å²) in [6.45, 7) is -0.461. The summed E-state index contributed by atoms with van der Waals surface area (Å²) >= 11 is 0. The second-order valence-electron chi connectivity index (χ2n) is 11.2. The lowest BCUT2D eigenvalue weighted by atomic mass is 9.95.